The van der Waals surface area contributed by atoms with Crippen molar-refractivity contribution in [2.45, 2.75) is 44.8 Å². The first kappa shape index (κ1) is 16.9. The Bertz CT molecular complexity index is 695. The van der Waals surface area contributed by atoms with Crippen molar-refractivity contribution >= 4 is 17.4 Å². The molecule has 0 spiro atoms. The van der Waals surface area contributed by atoms with Crippen LogP contribution < -0.4 is 10.6 Å². The predicted octanol–water partition coefficient (Wildman–Crippen LogP) is 3.42. The first-order valence-corrected chi connectivity index (χ1v) is 9.15. The van der Waals surface area contributed by atoms with Gasteiger partial charge in [0.2, 0.25) is 0 Å². The van der Waals surface area contributed by atoms with Gasteiger partial charge in [-0.2, -0.15) is 0 Å². The third-order valence-electron chi connectivity index (χ3n) is 4.18. The molecule has 2 aromatic rings. The van der Waals surface area contributed by atoms with Crippen LogP contribution in [0.25, 0.3) is 0 Å². The van der Waals surface area contributed by atoms with Crippen LogP contribution in [0.5, 0.6) is 0 Å². The number of hydrogen-bond donors (Lipinski definition) is 3. The monoisotopic (exact) mass is 345 g/mol. The van der Waals surface area contributed by atoms with E-state index in [4.69, 9.17) is 0 Å². The molecule has 1 aliphatic carbocycles. The lowest BCUT2D eigenvalue weighted by atomic mass is 10.1. The van der Waals surface area contributed by atoms with E-state index in [-0.39, 0.29) is 18.6 Å². The minimum Gasteiger partial charge on any atom is -0.387 e. The van der Waals surface area contributed by atoms with Crippen molar-refractivity contribution in [2.24, 2.45) is 0 Å². The lowest BCUT2D eigenvalue weighted by Crippen LogP contribution is -2.39. The fourth-order valence-electron chi connectivity index (χ4n) is 2.43. The molecule has 1 saturated carbocycles. The summed E-state index contributed by atoms with van der Waals surface area (Å²) in [5.41, 5.74) is 2.83. The molecule has 3 N–H and O–H groups in total. The lowest BCUT2D eigenvalue weighted by Gasteiger charge is -2.15. The largest absolute Gasteiger partial charge is 0.387 e. The maximum atomic E-state index is 12.0. The summed E-state index contributed by atoms with van der Waals surface area (Å²) in [4.78, 5) is 16.6. The van der Waals surface area contributed by atoms with E-state index in [9.17, 15) is 9.90 Å². The second kappa shape index (κ2) is 7.32. The molecule has 3 rings (SSSR count). The number of urea groups is 1. The molecular formula is C18H23N3O2S. The summed E-state index contributed by atoms with van der Waals surface area (Å²) in [7, 11) is 0. The second-order valence-electron chi connectivity index (χ2n) is 6.39. The third kappa shape index (κ3) is 4.33. The molecule has 24 heavy (non-hydrogen) atoms. The molecule has 0 aliphatic heterocycles. The number of carbonyl (C=O) groups excluding carboxylic acids is 1. The maximum absolute atomic E-state index is 12.0. The molecule has 2 amide bonds. The normalized spacial score (nSPS) is 16.5. The smallest absolute Gasteiger partial charge is 0.315 e. The molecule has 128 valence electrons. The van der Waals surface area contributed by atoms with Crippen molar-refractivity contribution in [1.29, 1.82) is 0 Å². The van der Waals surface area contributed by atoms with Gasteiger partial charge >= 0.3 is 6.03 Å². The van der Waals surface area contributed by atoms with E-state index >= 15 is 0 Å². The summed E-state index contributed by atoms with van der Waals surface area (Å²) in [6.45, 7) is 4.09. The van der Waals surface area contributed by atoms with Crippen molar-refractivity contribution in [2.75, 3.05) is 6.54 Å². The van der Waals surface area contributed by atoms with Gasteiger partial charge in [0, 0.05) is 17.8 Å². The standard InChI is InChI=1S/C18H23N3O2S/c1-11-3-5-13(6-4-11)16(22)9-19-18(23)20-12(2)15-10-24-17(21-15)14-7-8-14/h3-6,10,12,14,16,22H,7-9H2,1-2H3,(H2,19,20,23). The van der Waals surface area contributed by atoms with E-state index in [1.807, 2.05) is 43.5 Å². The Morgan fingerprint density at radius 3 is 2.75 bits per heavy atom. The first-order chi connectivity index (χ1) is 11.5. The molecule has 1 aromatic carbocycles. The van der Waals surface area contributed by atoms with Crippen molar-refractivity contribution in [3.63, 3.8) is 0 Å². The molecule has 2 unspecified atom stereocenters. The minimum atomic E-state index is -0.715. The third-order valence-corrected chi connectivity index (χ3v) is 5.20. The van der Waals surface area contributed by atoms with Crippen LogP contribution >= 0.6 is 11.3 Å². The summed E-state index contributed by atoms with van der Waals surface area (Å²) in [5.74, 6) is 0.634. The molecule has 0 saturated heterocycles. The summed E-state index contributed by atoms with van der Waals surface area (Å²) >= 11 is 1.67. The number of aliphatic hydroxyl groups is 1. The van der Waals surface area contributed by atoms with Crippen molar-refractivity contribution < 1.29 is 9.90 Å². The Hall–Kier alpha value is -1.92. The summed E-state index contributed by atoms with van der Waals surface area (Å²) in [6.07, 6.45) is 1.74. The number of hydrogen-bond acceptors (Lipinski definition) is 4. The Balaban J connectivity index is 1.46. The van der Waals surface area contributed by atoms with Crippen LogP contribution in [0, 0.1) is 6.92 Å². The average Bonchev–Trinajstić information content (AvgIpc) is 3.30. The Labute approximate surface area is 146 Å². The summed E-state index contributed by atoms with van der Waals surface area (Å²) < 4.78 is 0. The van der Waals surface area contributed by atoms with E-state index in [1.165, 1.54) is 17.8 Å². The zero-order valence-electron chi connectivity index (χ0n) is 14.0. The molecular weight excluding hydrogens is 322 g/mol. The van der Waals surface area contributed by atoms with E-state index in [0.29, 0.717) is 5.92 Å². The van der Waals surface area contributed by atoms with E-state index < -0.39 is 6.10 Å². The SMILES string of the molecule is Cc1ccc(C(O)CNC(=O)NC(C)c2csc(C3CC3)n2)cc1. The molecule has 1 aliphatic rings. The van der Waals surface area contributed by atoms with Crippen molar-refractivity contribution in [3.8, 4) is 0 Å². The van der Waals surface area contributed by atoms with Crippen LogP contribution in [-0.4, -0.2) is 22.7 Å². The van der Waals surface area contributed by atoms with Crippen LogP contribution in [-0.2, 0) is 0 Å². The van der Waals surface area contributed by atoms with Gasteiger partial charge in [-0.3, -0.25) is 0 Å². The number of aryl methyl sites for hydroxylation is 1. The van der Waals surface area contributed by atoms with Crippen LogP contribution in [0.1, 0.15) is 59.7 Å². The summed E-state index contributed by atoms with van der Waals surface area (Å²) in [5, 5.41) is 18.9. The van der Waals surface area contributed by atoms with Gasteiger partial charge < -0.3 is 15.7 Å². The highest BCUT2D eigenvalue weighted by atomic mass is 32.1. The number of benzene rings is 1. The van der Waals surface area contributed by atoms with Crippen LogP contribution in [0.15, 0.2) is 29.6 Å². The van der Waals surface area contributed by atoms with E-state index in [0.717, 1.165) is 16.8 Å². The van der Waals surface area contributed by atoms with E-state index in [2.05, 4.69) is 15.6 Å². The molecule has 0 bridgehead atoms. The molecule has 5 nitrogen and oxygen atoms in total. The van der Waals surface area contributed by atoms with E-state index in [1.54, 1.807) is 11.3 Å². The number of thiazole rings is 1. The number of nitrogens with zero attached hydrogens (tertiary/aromatic N) is 1. The van der Waals surface area contributed by atoms with Gasteiger partial charge in [0.1, 0.15) is 0 Å². The number of rotatable bonds is 6. The second-order valence-corrected chi connectivity index (χ2v) is 7.28. The maximum Gasteiger partial charge on any atom is 0.315 e. The molecule has 1 fully saturated rings. The number of carbonyl (C=O) groups is 1. The molecule has 2 atom stereocenters. The number of aromatic nitrogens is 1. The van der Waals surface area contributed by atoms with Gasteiger partial charge in [-0.05, 0) is 32.3 Å². The predicted molar refractivity (Wildman–Crippen MR) is 95.2 cm³/mol. The van der Waals surface area contributed by atoms with Crippen LogP contribution in [0.4, 0.5) is 4.79 Å². The van der Waals surface area contributed by atoms with Gasteiger partial charge in [0.05, 0.1) is 22.8 Å². The van der Waals surface area contributed by atoms with Gasteiger partial charge in [-0.25, -0.2) is 9.78 Å². The summed E-state index contributed by atoms with van der Waals surface area (Å²) in [6, 6.07) is 7.19. The fourth-order valence-corrected chi connectivity index (χ4v) is 3.52. The quantitative estimate of drug-likeness (QED) is 0.751. The zero-order chi connectivity index (χ0) is 17.1. The van der Waals surface area contributed by atoms with Crippen LogP contribution in [0.2, 0.25) is 0 Å². The Morgan fingerprint density at radius 2 is 2.08 bits per heavy atom. The topological polar surface area (TPSA) is 74.2 Å². The number of aliphatic hydroxyl groups excluding tert-OH is 1. The van der Waals surface area contributed by atoms with Crippen molar-refractivity contribution in [1.82, 2.24) is 15.6 Å². The van der Waals surface area contributed by atoms with Crippen molar-refractivity contribution in [3.05, 3.63) is 51.5 Å². The number of amides is 2. The molecule has 1 heterocycles. The zero-order valence-corrected chi connectivity index (χ0v) is 14.8. The fraction of sp³-hybridized carbons (Fsp3) is 0.444. The van der Waals surface area contributed by atoms with Gasteiger partial charge in [-0.15, -0.1) is 11.3 Å². The van der Waals surface area contributed by atoms with Gasteiger partial charge in [-0.1, -0.05) is 29.8 Å². The van der Waals surface area contributed by atoms with Gasteiger partial charge in [0.15, 0.2) is 0 Å². The highest BCUT2D eigenvalue weighted by Gasteiger charge is 2.27. The lowest BCUT2D eigenvalue weighted by molar-refractivity contribution is 0.172. The Kier molecular flexibility index (Phi) is 5.16. The molecule has 6 heteroatoms. The average molecular weight is 345 g/mol. The highest BCUT2D eigenvalue weighted by molar-refractivity contribution is 7.09. The van der Waals surface area contributed by atoms with Gasteiger partial charge in [0.25, 0.3) is 0 Å². The Morgan fingerprint density at radius 1 is 1.38 bits per heavy atom. The molecule has 0 radical (unpaired) electrons. The minimum absolute atomic E-state index is 0.148. The van der Waals surface area contributed by atoms with Crippen LogP contribution in [0.3, 0.4) is 0 Å². The molecule has 1 aromatic heterocycles. The highest BCUT2D eigenvalue weighted by Crippen LogP contribution is 2.41. The number of nitrogens with one attached hydrogen (secondary N) is 2. The first-order valence-electron chi connectivity index (χ1n) is 8.27.